The van der Waals surface area contributed by atoms with Crippen LogP contribution in [0, 0.1) is 0 Å². The number of nitrogens with one attached hydrogen (secondary N) is 2. The summed E-state index contributed by atoms with van der Waals surface area (Å²) in [5.41, 5.74) is 0. The van der Waals surface area contributed by atoms with Crippen LogP contribution in [0.2, 0.25) is 0 Å². The van der Waals surface area contributed by atoms with Gasteiger partial charge in [0.05, 0.1) is 26.8 Å². The Morgan fingerprint density at radius 3 is 2.38 bits per heavy atom. The molecule has 0 saturated carbocycles. The monoisotopic (exact) mass is 295 g/mol. The van der Waals surface area contributed by atoms with E-state index in [1.807, 2.05) is 31.2 Å². The number of benzene rings is 1. The highest BCUT2D eigenvalue weighted by atomic mass is 16.5. The smallest absolute Gasteiger partial charge is 0.191 e. The first-order chi connectivity index (χ1) is 10.3. The van der Waals surface area contributed by atoms with Crippen LogP contribution in [0.1, 0.15) is 6.92 Å². The quantitative estimate of drug-likeness (QED) is 0.408. The fourth-order valence-corrected chi connectivity index (χ4v) is 1.60. The van der Waals surface area contributed by atoms with Gasteiger partial charge in [0, 0.05) is 13.7 Å². The van der Waals surface area contributed by atoms with Gasteiger partial charge in [0.2, 0.25) is 0 Å². The molecule has 21 heavy (non-hydrogen) atoms. The summed E-state index contributed by atoms with van der Waals surface area (Å²) in [7, 11) is 3.31. The lowest BCUT2D eigenvalue weighted by Crippen LogP contribution is -2.39. The number of rotatable bonds is 9. The molecule has 1 rings (SSSR count). The van der Waals surface area contributed by atoms with Crippen molar-refractivity contribution >= 4 is 5.96 Å². The molecule has 0 fully saturated rings. The van der Waals surface area contributed by atoms with E-state index in [-0.39, 0.29) is 0 Å². The Morgan fingerprint density at radius 2 is 1.76 bits per heavy atom. The lowest BCUT2D eigenvalue weighted by Gasteiger charge is -2.12. The summed E-state index contributed by atoms with van der Waals surface area (Å²) < 4.78 is 15.7. The molecule has 1 aromatic carbocycles. The Balaban J connectivity index is 2.27. The van der Waals surface area contributed by atoms with Crippen molar-refractivity contribution in [1.82, 2.24) is 10.6 Å². The Hall–Kier alpha value is -1.95. The van der Waals surface area contributed by atoms with Crippen LogP contribution in [0.3, 0.4) is 0 Å². The van der Waals surface area contributed by atoms with Crippen LogP contribution in [-0.4, -0.2) is 53.0 Å². The second-order valence-corrected chi connectivity index (χ2v) is 4.20. The van der Waals surface area contributed by atoms with Crippen molar-refractivity contribution in [3.63, 3.8) is 0 Å². The zero-order valence-electron chi connectivity index (χ0n) is 13.0. The first-order valence-electron chi connectivity index (χ1n) is 7.08. The van der Waals surface area contributed by atoms with Crippen molar-refractivity contribution in [1.29, 1.82) is 0 Å². The summed E-state index contributed by atoms with van der Waals surface area (Å²) >= 11 is 0. The molecule has 6 nitrogen and oxygen atoms in total. The van der Waals surface area contributed by atoms with Gasteiger partial charge in [0.15, 0.2) is 5.96 Å². The Labute approximate surface area is 126 Å². The molecule has 0 spiro atoms. The van der Waals surface area contributed by atoms with Gasteiger partial charge >= 0.3 is 0 Å². The van der Waals surface area contributed by atoms with Crippen molar-refractivity contribution in [3.8, 4) is 11.5 Å². The molecule has 0 bridgehead atoms. The molecular weight excluding hydrogens is 270 g/mol. The van der Waals surface area contributed by atoms with Gasteiger partial charge in [-0.2, -0.15) is 0 Å². The van der Waals surface area contributed by atoms with Crippen LogP contribution in [-0.2, 0) is 4.74 Å². The molecule has 0 aliphatic heterocycles. The van der Waals surface area contributed by atoms with Crippen LogP contribution in [0.5, 0.6) is 11.5 Å². The lowest BCUT2D eigenvalue weighted by molar-refractivity contribution is 0.208. The van der Waals surface area contributed by atoms with E-state index < -0.39 is 0 Å². The van der Waals surface area contributed by atoms with Gasteiger partial charge in [-0.05, 0) is 31.2 Å². The number of methoxy groups -OCH3 is 2. The fraction of sp³-hybridized carbons (Fsp3) is 0.533. The standard InChI is InChI=1S/C15H25N3O3/c1-4-16-15(17-9-11-19-2)18-10-12-21-14-7-5-13(20-3)6-8-14/h5-8H,4,9-12H2,1-3H3,(H2,16,17,18). The summed E-state index contributed by atoms with van der Waals surface area (Å²) in [4.78, 5) is 4.37. The van der Waals surface area contributed by atoms with Crippen LogP contribution >= 0.6 is 0 Å². The lowest BCUT2D eigenvalue weighted by atomic mass is 10.3. The third-order valence-electron chi connectivity index (χ3n) is 2.63. The molecule has 0 aliphatic rings. The summed E-state index contributed by atoms with van der Waals surface area (Å²) in [5, 5.41) is 6.37. The molecule has 0 aromatic heterocycles. The molecule has 0 aliphatic carbocycles. The molecule has 0 unspecified atom stereocenters. The van der Waals surface area contributed by atoms with E-state index >= 15 is 0 Å². The van der Waals surface area contributed by atoms with Crippen molar-refractivity contribution in [3.05, 3.63) is 24.3 Å². The third kappa shape index (κ3) is 7.41. The molecular formula is C15H25N3O3. The molecule has 2 N–H and O–H groups in total. The molecule has 0 radical (unpaired) electrons. The van der Waals surface area contributed by atoms with Crippen LogP contribution in [0.15, 0.2) is 29.3 Å². The highest BCUT2D eigenvalue weighted by Gasteiger charge is 1.98. The first kappa shape index (κ1) is 17.1. The molecule has 0 heterocycles. The normalized spacial score (nSPS) is 11.1. The minimum atomic E-state index is 0.557. The van der Waals surface area contributed by atoms with Gasteiger partial charge in [-0.1, -0.05) is 0 Å². The average Bonchev–Trinajstić information content (AvgIpc) is 2.52. The zero-order valence-corrected chi connectivity index (χ0v) is 13.0. The second kappa shape index (κ2) is 10.8. The molecule has 6 heteroatoms. The summed E-state index contributed by atoms with van der Waals surface area (Å²) in [6.07, 6.45) is 0. The maximum atomic E-state index is 5.63. The van der Waals surface area contributed by atoms with Crippen LogP contribution in [0.25, 0.3) is 0 Å². The topological polar surface area (TPSA) is 64.1 Å². The average molecular weight is 295 g/mol. The second-order valence-electron chi connectivity index (χ2n) is 4.20. The van der Waals surface area contributed by atoms with Gasteiger partial charge in [0.1, 0.15) is 18.1 Å². The van der Waals surface area contributed by atoms with Crippen molar-refractivity contribution in [2.75, 3.05) is 47.1 Å². The number of hydrogen-bond acceptors (Lipinski definition) is 4. The van der Waals surface area contributed by atoms with Crippen molar-refractivity contribution in [2.45, 2.75) is 6.92 Å². The minimum absolute atomic E-state index is 0.557. The van der Waals surface area contributed by atoms with E-state index in [0.717, 1.165) is 24.0 Å². The summed E-state index contributed by atoms with van der Waals surface area (Å²) in [6, 6.07) is 7.52. The first-order valence-corrected chi connectivity index (χ1v) is 7.08. The van der Waals surface area contributed by atoms with E-state index in [4.69, 9.17) is 14.2 Å². The third-order valence-corrected chi connectivity index (χ3v) is 2.63. The van der Waals surface area contributed by atoms with Gasteiger partial charge in [-0.15, -0.1) is 0 Å². The molecule has 118 valence electrons. The Morgan fingerprint density at radius 1 is 1.05 bits per heavy atom. The minimum Gasteiger partial charge on any atom is -0.497 e. The highest BCUT2D eigenvalue weighted by Crippen LogP contribution is 2.16. The van der Waals surface area contributed by atoms with Gasteiger partial charge < -0.3 is 24.8 Å². The Bertz CT molecular complexity index is 407. The fourth-order valence-electron chi connectivity index (χ4n) is 1.60. The van der Waals surface area contributed by atoms with E-state index in [0.29, 0.717) is 26.3 Å². The van der Waals surface area contributed by atoms with E-state index in [1.54, 1.807) is 14.2 Å². The van der Waals surface area contributed by atoms with Gasteiger partial charge in [-0.25, -0.2) is 0 Å². The maximum absolute atomic E-state index is 5.63. The van der Waals surface area contributed by atoms with Crippen LogP contribution < -0.4 is 20.1 Å². The Kier molecular flexibility index (Phi) is 8.79. The number of ether oxygens (including phenoxy) is 3. The summed E-state index contributed by atoms with van der Waals surface area (Å²) in [6.45, 7) is 5.31. The molecule has 0 atom stereocenters. The molecule has 1 aromatic rings. The molecule has 0 saturated heterocycles. The predicted octanol–water partition coefficient (Wildman–Crippen LogP) is 1.28. The highest BCUT2D eigenvalue weighted by molar-refractivity contribution is 5.79. The van der Waals surface area contributed by atoms with Crippen molar-refractivity contribution in [2.24, 2.45) is 4.99 Å². The maximum Gasteiger partial charge on any atom is 0.191 e. The SMILES string of the molecule is CCNC(=NCCOC)NCCOc1ccc(OC)cc1. The van der Waals surface area contributed by atoms with E-state index in [9.17, 15) is 0 Å². The van der Waals surface area contributed by atoms with Crippen molar-refractivity contribution < 1.29 is 14.2 Å². The zero-order chi connectivity index (χ0) is 15.3. The molecule has 0 amide bonds. The number of guanidine groups is 1. The van der Waals surface area contributed by atoms with E-state index in [1.165, 1.54) is 0 Å². The largest absolute Gasteiger partial charge is 0.497 e. The number of nitrogens with zero attached hydrogens (tertiary/aromatic N) is 1. The number of hydrogen-bond donors (Lipinski definition) is 2. The van der Waals surface area contributed by atoms with E-state index in [2.05, 4.69) is 15.6 Å². The van der Waals surface area contributed by atoms with Crippen LogP contribution in [0.4, 0.5) is 0 Å². The number of aliphatic imine (C=N–C) groups is 1. The van der Waals surface area contributed by atoms with Gasteiger partial charge in [-0.3, -0.25) is 4.99 Å². The van der Waals surface area contributed by atoms with Gasteiger partial charge in [0.25, 0.3) is 0 Å². The summed E-state index contributed by atoms with van der Waals surface area (Å²) in [5.74, 6) is 2.41. The predicted molar refractivity (Wildman–Crippen MR) is 84.3 cm³/mol.